The molecule has 0 aromatic carbocycles. The van der Waals surface area contributed by atoms with Gasteiger partial charge < -0.3 is 20.1 Å². The highest BCUT2D eigenvalue weighted by Crippen LogP contribution is 2.24. The summed E-state index contributed by atoms with van der Waals surface area (Å²) < 4.78 is 5.35. The molecule has 0 saturated carbocycles. The molecule has 0 bridgehead atoms. The van der Waals surface area contributed by atoms with Crippen molar-refractivity contribution in [3.63, 3.8) is 0 Å². The van der Waals surface area contributed by atoms with Gasteiger partial charge in [0.15, 0.2) is 0 Å². The number of carbonyl (C=O) groups is 1. The summed E-state index contributed by atoms with van der Waals surface area (Å²) in [5.41, 5.74) is -0.901. The van der Waals surface area contributed by atoms with Gasteiger partial charge in [0.25, 0.3) is 0 Å². The van der Waals surface area contributed by atoms with Gasteiger partial charge in [0.1, 0.15) is 5.60 Å². The Bertz CT molecular complexity index is 290. The lowest BCUT2D eigenvalue weighted by molar-refractivity contribution is -0.0249. The first-order chi connectivity index (χ1) is 8.62. The van der Waals surface area contributed by atoms with Crippen molar-refractivity contribution in [3.05, 3.63) is 0 Å². The monoisotopic (exact) mass is 256 g/mol. The molecule has 2 unspecified atom stereocenters. The summed E-state index contributed by atoms with van der Waals surface area (Å²) in [6.07, 6.45) is 4.96. The summed E-state index contributed by atoms with van der Waals surface area (Å²) in [5, 5.41) is 13.2. The number of urea groups is 1. The number of likely N-dealkylation sites (tertiary alicyclic amines) is 1. The molecule has 2 saturated heterocycles. The summed E-state index contributed by atoms with van der Waals surface area (Å²) >= 11 is 0. The Morgan fingerprint density at radius 2 is 2.06 bits per heavy atom. The Kier molecular flexibility index (Phi) is 4.45. The van der Waals surface area contributed by atoms with Gasteiger partial charge in [-0.2, -0.15) is 0 Å². The predicted octanol–water partition coefficient (Wildman–Crippen LogP) is 1.11. The molecule has 18 heavy (non-hydrogen) atoms. The van der Waals surface area contributed by atoms with Crippen LogP contribution in [0.3, 0.4) is 0 Å². The molecule has 0 aromatic rings. The second-order valence-corrected chi connectivity index (χ2v) is 5.43. The van der Waals surface area contributed by atoms with E-state index in [4.69, 9.17) is 4.74 Å². The van der Waals surface area contributed by atoms with Gasteiger partial charge >= 0.3 is 6.03 Å². The van der Waals surface area contributed by atoms with E-state index in [2.05, 4.69) is 5.32 Å². The molecule has 2 heterocycles. The molecule has 2 rings (SSSR count). The van der Waals surface area contributed by atoms with Crippen LogP contribution in [0.15, 0.2) is 0 Å². The molecule has 0 spiro atoms. The molecule has 5 heteroatoms. The fourth-order valence-corrected chi connectivity index (χ4v) is 2.62. The van der Waals surface area contributed by atoms with Crippen molar-refractivity contribution in [2.45, 2.75) is 50.7 Å². The third kappa shape index (κ3) is 3.14. The van der Waals surface area contributed by atoms with Crippen LogP contribution in [0, 0.1) is 0 Å². The number of aliphatic hydroxyl groups is 1. The van der Waals surface area contributed by atoms with E-state index < -0.39 is 5.60 Å². The first-order valence-electron chi connectivity index (χ1n) is 6.98. The van der Waals surface area contributed by atoms with Crippen LogP contribution in [0.25, 0.3) is 0 Å². The van der Waals surface area contributed by atoms with Crippen LogP contribution in [-0.4, -0.2) is 54.0 Å². The predicted molar refractivity (Wildman–Crippen MR) is 68.4 cm³/mol. The number of hydrogen-bond acceptors (Lipinski definition) is 3. The molecular formula is C13H24N2O3. The fourth-order valence-electron chi connectivity index (χ4n) is 2.62. The van der Waals surface area contributed by atoms with Gasteiger partial charge in [-0.15, -0.1) is 0 Å². The second-order valence-electron chi connectivity index (χ2n) is 5.43. The van der Waals surface area contributed by atoms with Crippen molar-refractivity contribution in [1.29, 1.82) is 0 Å². The van der Waals surface area contributed by atoms with Gasteiger partial charge in [-0.25, -0.2) is 4.79 Å². The molecule has 2 atom stereocenters. The van der Waals surface area contributed by atoms with Gasteiger partial charge in [-0.1, -0.05) is 12.8 Å². The van der Waals surface area contributed by atoms with Gasteiger partial charge in [0, 0.05) is 26.1 Å². The third-order valence-corrected chi connectivity index (χ3v) is 4.10. The smallest absolute Gasteiger partial charge is 0.317 e. The van der Waals surface area contributed by atoms with Crippen molar-refractivity contribution in [2.24, 2.45) is 0 Å². The molecule has 2 amide bonds. The molecular weight excluding hydrogens is 232 g/mol. The molecule has 2 aliphatic rings. The van der Waals surface area contributed by atoms with Crippen molar-refractivity contribution < 1.29 is 14.6 Å². The highest BCUT2D eigenvalue weighted by Gasteiger charge is 2.39. The van der Waals surface area contributed by atoms with E-state index in [-0.39, 0.29) is 18.7 Å². The minimum absolute atomic E-state index is 0.0515. The topological polar surface area (TPSA) is 61.8 Å². The standard InChI is InChI=1S/C13H24N2O3/c1-11-13(17,6-9-18-11)10-14-12(16)15-7-4-2-3-5-8-15/h11,17H,2-10H2,1H3,(H,14,16). The van der Waals surface area contributed by atoms with Gasteiger partial charge in [-0.3, -0.25) is 0 Å². The van der Waals surface area contributed by atoms with Crippen LogP contribution in [0.4, 0.5) is 4.79 Å². The van der Waals surface area contributed by atoms with Crippen LogP contribution in [-0.2, 0) is 4.74 Å². The molecule has 104 valence electrons. The van der Waals surface area contributed by atoms with Crippen LogP contribution >= 0.6 is 0 Å². The lowest BCUT2D eigenvalue weighted by Gasteiger charge is -2.28. The lowest BCUT2D eigenvalue weighted by atomic mass is 9.97. The van der Waals surface area contributed by atoms with E-state index in [1.54, 1.807) is 0 Å². The minimum Gasteiger partial charge on any atom is -0.385 e. The molecule has 2 fully saturated rings. The van der Waals surface area contributed by atoms with Crippen molar-refractivity contribution in [1.82, 2.24) is 10.2 Å². The van der Waals surface area contributed by atoms with Crippen LogP contribution in [0.1, 0.15) is 39.0 Å². The normalized spacial score (nSPS) is 33.2. The SMILES string of the molecule is CC1OCCC1(O)CNC(=O)N1CCCCCC1. The minimum atomic E-state index is -0.901. The average molecular weight is 256 g/mol. The fraction of sp³-hybridized carbons (Fsp3) is 0.923. The van der Waals surface area contributed by atoms with Crippen molar-refractivity contribution >= 4 is 6.03 Å². The number of nitrogens with zero attached hydrogens (tertiary/aromatic N) is 1. The molecule has 0 aromatic heterocycles. The zero-order valence-corrected chi connectivity index (χ0v) is 11.2. The molecule has 5 nitrogen and oxygen atoms in total. The van der Waals surface area contributed by atoms with Crippen molar-refractivity contribution in [3.8, 4) is 0 Å². The van der Waals surface area contributed by atoms with E-state index >= 15 is 0 Å². The Morgan fingerprint density at radius 1 is 1.39 bits per heavy atom. The van der Waals surface area contributed by atoms with Crippen LogP contribution in [0.5, 0.6) is 0 Å². The first-order valence-corrected chi connectivity index (χ1v) is 6.98. The number of rotatable bonds is 2. The summed E-state index contributed by atoms with van der Waals surface area (Å²) in [7, 11) is 0. The summed E-state index contributed by atoms with van der Waals surface area (Å²) in [6.45, 7) is 4.36. The summed E-state index contributed by atoms with van der Waals surface area (Å²) in [4.78, 5) is 13.9. The summed E-state index contributed by atoms with van der Waals surface area (Å²) in [6, 6.07) is -0.0515. The maximum absolute atomic E-state index is 12.0. The van der Waals surface area contributed by atoms with Gasteiger partial charge in [0.2, 0.25) is 0 Å². The zero-order chi connectivity index (χ0) is 13.0. The van der Waals surface area contributed by atoms with E-state index in [0.29, 0.717) is 13.0 Å². The third-order valence-electron chi connectivity index (χ3n) is 4.10. The molecule has 2 aliphatic heterocycles. The van der Waals surface area contributed by atoms with E-state index in [0.717, 1.165) is 25.9 Å². The first kappa shape index (κ1) is 13.6. The second kappa shape index (κ2) is 5.89. The number of amides is 2. The number of ether oxygens (including phenoxy) is 1. The number of nitrogens with one attached hydrogen (secondary N) is 1. The van der Waals surface area contributed by atoms with E-state index in [9.17, 15) is 9.90 Å². The number of carbonyl (C=O) groups excluding carboxylic acids is 1. The molecule has 0 radical (unpaired) electrons. The maximum atomic E-state index is 12.0. The molecule has 2 N–H and O–H groups in total. The largest absolute Gasteiger partial charge is 0.385 e. The average Bonchev–Trinajstić information content (AvgIpc) is 2.61. The van der Waals surface area contributed by atoms with Crippen molar-refractivity contribution in [2.75, 3.05) is 26.2 Å². The summed E-state index contributed by atoms with van der Waals surface area (Å²) in [5.74, 6) is 0. The Labute approximate surface area is 108 Å². The van der Waals surface area contributed by atoms with E-state index in [1.165, 1.54) is 12.8 Å². The maximum Gasteiger partial charge on any atom is 0.317 e. The van der Waals surface area contributed by atoms with Crippen LogP contribution in [0.2, 0.25) is 0 Å². The lowest BCUT2D eigenvalue weighted by Crippen LogP contribution is -2.51. The van der Waals surface area contributed by atoms with Gasteiger partial charge in [-0.05, 0) is 19.8 Å². The quantitative estimate of drug-likeness (QED) is 0.778. The Balaban J connectivity index is 1.80. The van der Waals surface area contributed by atoms with Crippen LogP contribution < -0.4 is 5.32 Å². The Hall–Kier alpha value is -0.810. The zero-order valence-electron chi connectivity index (χ0n) is 11.2. The highest BCUT2D eigenvalue weighted by atomic mass is 16.5. The molecule has 0 aliphatic carbocycles. The van der Waals surface area contributed by atoms with Gasteiger partial charge in [0.05, 0.1) is 12.6 Å². The number of hydrogen-bond donors (Lipinski definition) is 2. The highest BCUT2D eigenvalue weighted by molar-refractivity contribution is 5.74. The Morgan fingerprint density at radius 3 is 2.61 bits per heavy atom. The van der Waals surface area contributed by atoms with E-state index in [1.807, 2.05) is 11.8 Å².